The molecule has 2 aromatic carbocycles. The number of pyridine rings is 1. The summed E-state index contributed by atoms with van der Waals surface area (Å²) in [6, 6.07) is 14.4. The van der Waals surface area contributed by atoms with Gasteiger partial charge in [-0.2, -0.15) is 0 Å². The van der Waals surface area contributed by atoms with E-state index in [1.54, 1.807) is 36.5 Å². The van der Waals surface area contributed by atoms with Crippen LogP contribution in [0.5, 0.6) is 0 Å². The molecule has 0 saturated heterocycles. The predicted octanol–water partition coefficient (Wildman–Crippen LogP) is 5.69. The minimum Gasteiger partial charge on any atom is -0.354 e. The van der Waals surface area contributed by atoms with E-state index < -0.39 is 0 Å². The minimum atomic E-state index is -0.285. The molecule has 25 heavy (non-hydrogen) atoms. The number of aryl methyl sites for hydroxylation is 1. The number of benzene rings is 2. The lowest BCUT2D eigenvalue weighted by Gasteiger charge is -2.11. The Hall–Kier alpha value is -2.56. The molecule has 3 aromatic rings. The average Bonchev–Trinajstić information content (AvgIpc) is 2.60. The molecule has 6 heteroatoms. The molecule has 1 aromatic heterocycles. The largest absolute Gasteiger partial charge is 0.354 e. The Kier molecular flexibility index (Phi) is 5.22. The molecule has 0 fully saturated rings. The van der Waals surface area contributed by atoms with E-state index in [4.69, 9.17) is 23.2 Å². The van der Waals surface area contributed by atoms with E-state index in [-0.39, 0.29) is 5.91 Å². The number of hydrogen-bond donors (Lipinski definition) is 2. The molecule has 4 nitrogen and oxygen atoms in total. The number of carbonyl (C=O) groups excluding carboxylic acids is 1. The number of nitrogens with zero attached hydrogens (tertiary/aromatic N) is 1. The number of carbonyl (C=O) groups is 1. The van der Waals surface area contributed by atoms with Crippen molar-refractivity contribution in [3.05, 3.63) is 82.1 Å². The van der Waals surface area contributed by atoms with E-state index in [0.717, 1.165) is 11.3 Å². The molecule has 0 saturated carbocycles. The number of aromatic nitrogens is 1. The lowest BCUT2D eigenvalue weighted by Crippen LogP contribution is -2.12. The molecule has 0 unspecified atom stereocenters. The lowest BCUT2D eigenvalue weighted by molar-refractivity contribution is 0.102. The Morgan fingerprint density at radius 3 is 2.60 bits per heavy atom. The Labute approximate surface area is 155 Å². The zero-order chi connectivity index (χ0) is 17.8. The van der Waals surface area contributed by atoms with Crippen LogP contribution in [0.3, 0.4) is 0 Å². The fraction of sp³-hybridized carbons (Fsp3) is 0.0526. The molecule has 0 spiro atoms. The summed E-state index contributed by atoms with van der Waals surface area (Å²) in [5.41, 5.74) is 3.56. The second kappa shape index (κ2) is 7.55. The van der Waals surface area contributed by atoms with Crippen molar-refractivity contribution in [3.8, 4) is 0 Å². The summed E-state index contributed by atoms with van der Waals surface area (Å²) in [7, 11) is 0. The van der Waals surface area contributed by atoms with E-state index in [9.17, 15) is 4.79 Å². The second-order valence-electron chi connectivity index (χ2n) is 5.48. The van der Waals surface area contributed by atoms with Crippen LogP contribution in [0.15, 0.2) is 60.9 Å². The Balaban J connectivity index is 1.80. The van der Waals surface area contributed by atoms with Crippen molar-refractivity contribution in [2.75, 3.05) is 10.6 Å². The highest BCUT2D eigenvalue weighted by Crippen LogP contribution is 2.25. The maximum Gasteiger partial charge on any atom is 0.257 e. The van der Waals surface area contributed by atoms with Gasteiger partial charge in [-0.3, -0.25) is 9.78 Å². The molecule has 0 aliphatic heterocycles. The number of nitrogens with one attached hydrogen (secondary N) is 2. The topological polar surface area (TPSA) is 54.0 Å². The molecule has 1 heterocycles. The van der Waals surface area contributed by atoms with Crippen molar-refractivity contribution < 1.29 is 4.79 Å². The predicted molar refractivity (Wildman–Crippen MR) is 103 cm³/mol. The van der Waals surface area contributed by atoms with Gasteiger partial charge in [0, 0.05) is 16.9 Å². The summed E-state index contributed by atoms with van der Waals surface area (Å²) in [5.74, 6) is -0.285. The summed E-state index contributed by atoms with van der Waals surface area (Å²) in [6.07, 6.45) is 3.15. The maximum atomic E-state index is 12.4. The van der Waals surface area contributed by atoms with Crippen LogP contribution < -0.4 is 10.6 Å². The minimum absolute atomic E-state index is 0.285. The Morgan fingerprint density at radius 2 is 1.80 bits per heavy atom. The van der Waals surface area contributed by atoms with Gasteiger partial charge in [-0.15, -0.1) is 0 Å². The number of para-hydroxylation sites is 1. The van der Waals surface area contributed by atoms with E-state index in [1.165, 1.54) is 6.20 Å². The van der Waals surface area contributed by atoms with E-state index in [0.29, 0.717) is 27.0 Å². The summed E-state index contributed by atoms with van der Waals surface area (Å²) in [5, 5.41) is 7.12. The van der Waals surface area contributed by atoms with Crippen LogP contribution in [-0.2, 0) is 0 Å². The maximum absolute atomic E-state index is 12.4. The van der Waals surface area contributed by atoms with Gasteiger partial charge in [0.05, 0.1) is 28.2 Å². The first-order valence-electron chi connectivity index (χ1n) is 7.57. The molecule has 2 N–H and O–H groups in total. The van der Waals surface area contributed by atoms with Gasteiger partial charge in [0.15, 0.2) is 0 Å². The molecule has 1 amide bonds. The van der Waals surface area contributed by atoms with Gasteiger partial charge in [-0.1, -0.05) is 41.4 Å². The van der Waals surface area contributed by atoms with Gasteiger partial charge in [-0.25, -0.2) is 0 Å². The zero-order valence-electron chi connectivity index (χ0n) is 13.4. The summed E-state index contributed by atoms with van der Waals surface area (Å²) >= 11 is 12.1. The number of halogens is 2. The monoisotopic (exact) mass is 371 g/mol. The number of hydrogen-bond acceptors (Lipinski definition) is 3. The van der Waals surface area contributed by atoms with Crippen molar-refractivity contribution >= 4 is 46.2 Å². The first-order chi connectivity index (χ1) is 12.0. The van der Waals surface area contributed by atoms with Gasteiger partial charge in [0.1, 0.15) is 0 Å². The van der Waals surface area contributed by atoms with E-state index >= 15 is 0 Å². The Bertz CT molecular complexity index is 928. The quantitative estimate of drug-likeness (QED) is 0.618. The number of rotatable bonds is 4. The molecule has 0 aliphatic rings. The fourth-order valence-corrected chi connectivity index (χ4v) is 2.63. The molecule has 0 atom stereocenters. The fourth-order valence-electron chi connectivity index (χ4n) is 2.27. The first-order valence-corrected chi connectivity index (χ1v) is 8.32. The molecular weight excluding hydrogens is 357 g/mol. The van der Waals surface area contributed by atoms with Gasteiger partial charge in [0.2, 0.25) is 0 Å². The summed E-state index contributed by atoms with van der Waals surface area (Å²) < 4.78 is 0. The number of amides is 1. The first kappa shape index (κ1) is 17.3. The van der Waals surface area contributed by atoms with E-state index in [1.807, 2.05) is 25.1 Å². The third kappa shape index (κ3) is 4.29. The zero-order valence-corrected chi connectivity index (χ0v) is 14.9. The van der Waals surface area contributed by atoms with Gasteiger partial charge in [-0.05, 0) is 42.8 Å². The van der Waals surface area contributed by atoms with Crippen LogP contribution in [0.25, 0.3) is 0 Å². The highest BCUT2D eigenvalue weighted by Gasteiger charge is 2.10. The van der Waals surface area contributed by atoms with Gasteiger partial charge in [0.25, 0.3) is 5.91 Å². The average molecular weight is 372 g/mol. The van der Waals surface area contributed by atoms with Crippen molar-refractivity contribution in [3.63, 3.8) is 0 Å². The van der Waals surface area contributed by atoms with Crippen LogP contribution in [0.2, 0.25) is 10.0 Å². The molecule has 0 bridgehead atoms. The molecule has 0 aliphatic carbocycles. The van der Waals surface area contributed by atoms with Crippen molar-refractivity contribution in [1.82, 2.24) is 4.98 Å². The Morgan fingerprint density at radius 1 is 1.00 bits per heavy atom. The standard InChI is InChI=1S/C19H15Cl2N3O/c1-12-6-7-14(20)9-18(12)23-15-8-13(10-22-11-15)19(25)24-17-5-3-2-4-16(17)21/h2-11,23H,1H3,(H,24,25). The van der Waals surface area contributed by atoms with Crippen LogP contribution in [-0.4, -0.2) is 10.9 Å². The number of anilines is 3. The van der Waals surface area contributed by atoms with Gasteiger partial charge < -0.3 is 10.6 Å². The smallest absolute Gasteiger partial charge is 0.257 e. The van der Waals surface area contributed by atoms with E-state index in [2.05, 4.69) is 15.6 Å². The van der Waals surface area contributed by atoms with Crippen molar-refractivity contribution in [1.29, 1.82) is 0 Å². The summed E-state index contributed by atoms with van der Waals surface area (Å²) in [6.45, 7) is 1.97. The molecular formula is C19H15Cl2N3O. The van der Waals surface area contributed by atoms with Crippen LogP contribution in [0.1, 0.15) is 15.9 Å². The van der Waals surface area contributed by atoms with Crippen molar-refractivity contribution in [2.45, 2.75) is 6.92 Å². The lowest BCUT2D eigenvalue weighted by atomic mass is 10.2. The second-order valence-corrected chi connectivity index (χ2v) is 6.32. The van der Waals surface area contributed by atoms with Crippen LogP contribution >= 0.6 is 23.2 Å². The highest BCUT2D eigenvalue weighted by atomic mass is 35.5. The van der Waals surface area contributed by atoms with Crippen LogP contribution in [0.4, 0.5) is 17.1 Å². The van der Waals surface area contributed by atoms with Crippen LogP contribution in [0, 0.1) is 6.92 Å². The van der Waals surface area contributed by atoms with Crippen molar-refractivity contribution in [2.24, 2.45) is 0 Å². The third-order valence-electron chi connectivity index (χ3n) is 3.60. The highest BCUT2D eigenvalue weighted by molar-refractivity contribution is 6.34. The summed E-state index contributed by atoms with van der Waals surface area (Å²) in [4.78, 5) is 16.6. The molecule has 126 valence electrons. The molecule has 3 rings (SSSR count). The van der Waals surface area contributed by atoms with Gasteiger partial charge >= 0.3 is 0 Å². The third-order valence-corrected chi connectivity index (χ3v) is 4.17. The molecule has 0 radical (unpaired) electrons. The SMILES string of the molecule is Cc1ccc(Cl)cc1Nc1cncc(C(=O)Nc2ccccc2Cl)c1. The normalized spacial score (nSPS) is 10.4.